The molecule has 0 atom stereocenters. The molecule has 4 heteroatoms. The van der Waals surface area contributed by atoms with Crippen molar-refractivity contribution in [2.45, 2.75) is 6.61 Å². The van der Waals surface area contributed by atoms with Crippen molar-refractivity contribution < 1.29 is 19.0 Å². The Morgan fingerprint density at radius 3 is 2.52 bits per heavy atom. The minimum atomic E-state index is -0.410. The summed E-state index contributed by atoms with van der Waals surface area (Å²) in [7, 11) is 2.93. The van der Waals surface area contributed by atoms with E-state index in [1.54, 1.807) is 7.11 Å². The summed E-state index contributed by atoms with van der Waals surface area (Å²) in [5.74, 6) is 0.325. The van der Waals surface area contributed by atoms with Gasteiger partial charge in [0.1, 0.15) is 12.4 Å². The third-order valence-corrected chi connectivity index (χ3v) is 3.25. The van der Waals surface area contributed by atoms with Crippen LogP contribution in [0.2, 0.25) is 0 Å². The number of methoxy groups -OCH3 is 2. The maximum atomic E-state index is 11.5. The highest BCUT2D eigenvalue weighted by atomic mass is 16.5. The molecule has 2 rings (SSSR count). The second-order valence-electron chi connectivity index (χ2n) is 4.93. The molecule has 0 unspecified atom stereocenters. The molecular weight excluding hydrogens is 292 g/mol. The number of rotatable bonds is 7. The predicted octanol–water partition coefficient (Wildman–Crippen LogP) is 3.47. The fourth-order valence-corrected chi connectivity index (χ4v) is 2.09. The first-order valence-electron chi connectivity index (χ1n) is 7.27. The van der Waals surface area contributed by atoms with Crippen LogP contribution >= 0.6 is 0 Å². The second kappa shape index (κ2) is 8.76. The van der Waals surface area contributed by atoms with E-state index in [4.69, 9.17) is 9.47 Å². The SMILES string of the molecule is COC/C(=C/C(=O)OC)c1cccc(OCc2ccccc2)c1. The van der Waals surface area contributed by atoms with Gasteiger partial charge in [0.2, 0.25) is 0 Å². The van der Waals surface area contributed by atoms with Crippen LogP contribution in [0.15, 0.2) is 60.7 Å². The van der Waals surface area contributed by atoms with Gasteiger partial charge in [0.25, 0.3) is 0 Å². The maximum Gasteiger partial charge on any atom is 0.330 e. The van der Waals surface area contributed by atoms with Gasteiger partial charge in [-0.15, -0.1) is 0 Å². The summed E-state index contributed by atoms with van der Waals surface area (Å²) in [6.45, 7) is 0.807. The van der Waals surface area contributed by atoms with E-state index < -0.39 is 5.97 Å². The number of carbonyl (C=O) groups excluding carboxylic acids is 1. The molecule has 0 aliphatic rings. The monoisotopic (exact) mass is 312 g/mol. The Labute approximate surface area is 136 Å². The van der Waals surface area contributed by atoms with Gasteiger partial charge in [-0.3, -0.25) is 0 Å². The van der Waals surface area contributed by atoms with Crippen molar-refractivity contribution in [3.63, 3.8) is 0 Å². The molecule has 0 spiro atoms. The molecule has 0 saturated carbocycles. The molecule has 0 bridgehead atoms. The lowest BCUT2D eigenvalue weighted by atomic mass is 10.1. The van der Waals surface area contributed by atoms with E-state index in [2.05, 4.69) is 4.74 Å². The van der Waals surface area contributed by atoms with Gasteiger partial charge in [0, 0.05) is 13.2 Å². The molecule has 0 N–H and O–H groups in total. The maximum absolute atomic E-state index is 11.5. The van der Waals surface area contributed by atoms with E-state index in [-0.39, 0.29) is 0 Å². The van der Waals surface area contributed by atoms with Gasteiger partial charge in [0.05, 0.1) is 13.7 Å². The normalized spacial score (nSPS) is 11.1. The molecule has 120 valence electrons. The molecular formula is C19H20O4. The first kappa shape index (κ1) is 16.8. The van der Waals surface area contributed by atoms with Crippen molar-refractivity contribution in [1.82, 2.24) is 0 Å². The Kier molecular flexibility index (Phi) is 6.39. The van der Waals surface area contributed by atoms with E-state index in [0.29, 0.717) is 13.2 Å². The third kappa shape index (κ3) is 5.27. The van der Waals surface area contributed by atoms with E-state index in [1.807, 2.05) is 54.6 Å². The van der Waals surface area contributed by atoms with Crippen LogP contribution < -0.4 is 4.74 Å². The summed E-state index contributed by atoms with van der Waals surface area (Å²) >= 11 is 0. The van der Waals surface area contributed by atoms with Gasteiger partial charge in [0.15, 0.2) is 0 Å². The van der Waals surface area contributed by atoms with Crippen LogP contribution in [0.25, 0.3) is 5.57 Å². The number of hydrogen-bond donors (Lipinski definition) is 0. The topological polar surface area (TPSA) is 44.8 Å². The third-order valence-electron chi connectivity index (χ3n) is 3.25. The summed E-state index contributed by atoms with van der Waals surface area (Å²) in [4.78, 5) is 11.5. The van der Waals surface area contributed by atoms with Crippen LogP contribution in [0.5, 0.6) is 5.75 Å². The van der Waals surface area contributed by atoms with Gasteiger partial charge in [-0.25, -0.2) is 4.79 Å². The first-order valence-corrected chi connectivity index (χ1v) is 7.27. The molecule has 0 aliphatic heterocycles. The molecule has 0 aliphatic carbocycles. The van der Waals surface area contributed by atoms with Crippen LogP contribution in [0, 0.1) is 0 Å². The summed E-state index contributed by atoms with van der Waals surface area (Å²) in [6.07, 6.45) is 1.43. The zero-order valence-corrected chi connectivity index (χ0v) is 13.3. The highest BCUT2D eigenvalue weighted by Gasteiger charge is 2.07. The molecule has 2 aromatic rings. The highest BCUT2D eigenvalue weighted by Crippen LogP contribution is 2.21. The van der Waals surface area contributed by atoms with E-state index in [9.17, 15) is 4.79 Å². The molecule has 0 heterocycles. The quantitative estimate of drug-likeness (QED) is 0.580. The zero-order valence-electron chi connectivity index (χ0n) is 13.3. The zero-order chi connectivity index (χ0) is 16.5. The van der Waals surface area contributed by atoms with Crippen LogP contribution in [0.1, 0.15) is 11.1 Å². The van der Waals surface area contributed by atoms with Crippen molar-refractivity contribution in [2.24, 2.45) is 0 Å². The average Bonchev–Trinajstić information content (AvgIpc) is 2.60. The molecule has 0 radical (unpaired) electrons. The van der Waals surface area contributed by atoms with Crippen molar-refractivity contribution >= 4 is 11.5 Å². The van der Waals surface area contributed by atoms with Gasteiger partial charge in [-0.1, -0.05) is 42.5 Å². The lowest BCUT2D eigenvalue weighted by Gasteiger charge is -2.10. The lowest BCUT2D eigenvalue weighted by molar-refractivity contribution is -0.134. The van der Waals surface area contributed by atoms with Crippen molar-refractivity contribution in [2.75, 3.05) is 20.8 Å². The van der Waals surface area contributed by atoms with E-state index >= 15 is 0 Å². The Balaban J connectivity index is 2.14. The highest BCUT2D eigenvalue weighted by molar-refractivity contribution is 5.91. The number of carbonyl (C=O) groups is 1. The first-order chi connectivity index (χ1) is 11.2. The number of benzene rings is 2. The minimum absolute atomic E-state index is 0.317. The van der Waals surface area contributed by atoms with Crippen LogP contribution in [-0.4, -0.2) is 26.8 Å². The average molecular weight is 312 g/mol. The predicted molar refractivity (Wildman–Crippen MR) is 89.1 cm³/mol. The molecule has 2 aromatic carbocycles. The molecule has 0 fully saturated rings. The number of ether oxygens (including phenoxy) is 3. The van der Waals surface area contributed by atoms with Gasteiger partial charge < -0.3 is 14.2 Å². The van der Waals surface area contributed by atoms with Gasteiger partial charge in [-0.05, 0) is 28.8 Å². The fraction of sp³-hybridized carbons (Fsp3) is 0.211. The molecule has 23 heavy (non-hydrogen) atoms. The van der Waals surface area contributed by atoms with Gasteiger partial charge in [-0.2, -0.15) is 0 Å². The smallest absolute Gasteiger partial charge is 0.330 e. The van der Waals surface area contributed by atoms with Crippen molar-refractivity contribution in [1.29, 1.82) is 0 Å². The largest absolute Gasteiger partial charge is 0.489 e. The minimum Gasteiger partial charge on any atom is -0.489 e. The van der Waals surface area contributed by atoms with Crippen LogP contribution in [-0.2, 0) is 20.9 Å². The summed E-state index contributed by atoms with van der Waals surface area (Å²) in [5, 5.41) is 0. The Bertz CT molecular complexity index is 662. The van der Waals surface area contributed by atoms with E-state index in [1.165, 1.54) is 13.2 Å². The van der Waals surface area contributed by atoms with Crippen molar-refractivity contribution in [3.8, 4) is 5.75 Å². The standard InChI is InChI=1S/C19H20O4/c1-21-14-17(12-19(20)22-2)16-9-6-10-18(11-16)23-13-15-7-4-3-5-8-15/h3-12H,13-14H2,1-2H3/b17-12-. The fourth-order valence-electron chi connectivity index (χ4n) is 2.09. The Morgan fingerprint density at radius 1 is 1.04 bits per heavy atom. The molecule has 0 amide bonds. The molecule has 0 saturated heterocycles. The van der Waals surface area contributed by atoms with E-state index in [0.717, 1.165) is 22.4 Å². The lowest BCUT2D eigenvalue weighted by Crippen LogP contribution is -2.02. The second-order valence-corrected chi connectivity index (χ2v) is 4.93. The molecule has 0 aromatic heterocycles. The summed E-state index contributed by atoms with van der Waals surface area (Å²) in [6, 6.07) is 17.5. The van der Waals surface area contributed by atoms with Crippen LogP contribution in [0.3, 0.4) is 0 Å². The summed E-state index contributed by atoms with van der Waals surface area (Å²) in [5.41, 5.74) is 2.70. The summed E-state index contributed by atoms with van der Waals surface area (Å²) < 4.78 is 15.6. The van der Waals surface area contributed by atoms with Crippen molar-refractivity contribution in [3.05, 3.63) is 71.8 Å². The Morgan fingerprint density at radius 2 is 1.83 bits per heavy atom. The van der Waals surface area contributed by atoms with Crippen LogP contribution in [0.4, 0.5) is 0 Å². The number of esters is 1. The molecule has 4 nitrogen and oxygen atoms in total. The number of hydrogen-bond acceptors (Lipinski definition) is 4. The Hall–Kier alpha value is -2.59. The van der Waals surface area contributed by atoms with Gasteiger partial charge >= 0.3 is 5.97 Å².